The largest absolute Gasteiger partial charge is 0.408 e. The highest BCUT2D eigenvalue weighted by Gasteiger charge is 2.30. The van der Waals surface area contributed by atoms with Crippen LogP contribution in [0, 0.1) is 12.8 Å². The van der Waals surface area contributed by atoms with Crippen LogP contribution in [0.3, 0.4) is 0 Å². The van der Waals surface area contributed by atoms with Gasteiger partial charge in [-0.1, -0.05) is 13.8 Å². The molecule has 0 bridgehead atoms. The molecule has 1 atom stereocenters. The molecule has 1 unspecified atom stereocenters. The Bertz CT molecular complexity index is 898. The van der Waals surface area contributed by atoms with Crippen LogP contribution >= 0.6 is 0 Å². The zero-order valence-corrected chi connectivity index (χ0v) is 13.9. The molecule has 1 N–H and O–H groups in total. The Labute approximate surface area is 141 Å². The van der Waals surface area contributed by atoms with E-state index in [0.29, 0.717) is 17.0 Å². The van der Waals surface area contributed by atoms with Gasteiger partial charge in [-0.2, -0.15) is 18.3 Å². The molecule has 25 heavy (non-hydrogen) atoms. The summed E-state index contributed by atoms with van der Waals surface area (Å²) in [6.45, 7) is 3.96. The van der Waals surface area contributed by atoms with Crippen molar-refractivity contribution in [2.45, 2.75) is 39.6 Å². The third-order valence-corrected chi connectivity index (χ3v) is 3.69. The van der Waals surface area contributed by atoms with Crippen molar-refractivity contribution >= 4 is 5.65 Å². The Hall–Kier alpha value is -2.49. The molecule has 3 heterocycles. The zero-order valence-electron chi connectivity index (χ0n) is 13.9. The lowest BCUT2D eigenvalue weighted by atomic mass is 10.1. The van der Waals surface area contributed by atoms with Crippen LogP contribution < -0.4 is 0 Å². The highest BCUT2D eigenvalue weighted by atomic mass is 19.4. The molecule has 134 valence electrons. The lowest BCUT2D eigenvalue weighted by molar-refractivity contribution is -0.142. The number of hydrogen-bond donors (Lipinski definition) is 1. The van der Waals surface area contributed by atoms with Crippen LogP contribution in [0.2, 0.25) is 0 Å². The summed E-state index contributed by atoms with van der Waals surface area (Å²) >= 11 is 0. The van der Waals surface area contributed by atoms with Crippen LogP contribution in [0.4, 0.5) is 13.2 Å². The van der Waals surface area contributed by atoms with Gasteiger partial charge in [0.1, 0.15) is 18.5 Å². The topological polar surface area (TPSA) is 81.1 Å². The minimum atomic E-state index is -4.41. The summed E-state index contributed by atoms with van der Waals surface area (Å²) in [5.41, 5.74) is 0.909. The number of alkyl halides is 3. The Morgan fingerprint density at radius 1 is 1.20 bits per heavy atom. The maximum atomic E-state index is 12.8. The van der Waals surface area contributed by atoms with Crippen molar-refractivity contribution in [1.82, 2.24) is 29.4 Å². The van der Waals surface area contributed by atoms with Crippen molar-refractivity contribution in [3.05, 3.63) is 30.0 Å². The standard InChI is InChI=1S/C15H17F3N6O/c1-8(2)12(25)14-21-20-11-5-4-10(6-23(11)14)13-19-9(3)22-24(13)7-15(16,17)18/h4-6,8,12,25H,7H2,1-3H3. The molecule has 0 radical (unpaired) electrons. The lowest BCUT2D eigenvalue weighted by Gasteiger charge is -2.13. The predicted octanol–water partition coefficient (Wildman–Crippen LogP) is 2.55. The van der Waals surface area contributed by atoms with Crippen LogP contribution in [0.15, 0.2) is 18.3 Å². The summed E-state index contributed by atoms with van der Waals surface area (Å²) in [4.78, 5) is 4.10. The first-order valence-electron chi connectivity index (χ1n) is 7.67. The highest BCUT2D eigenvalue weighted by molar-refractivity contribution is 5.58. The molecule has 3 aromatic rings. The van der Waals surface area contributed by atoms with Gasteiger partial charge in [-0.05, 0) is 25.0 Å². The molecule has 7 nitrogen and oxygen atoms in total. The summed E-state index contributed by atoms with van der Waals surface area (Å²) in [6, 6.07) is 3.21. The van der Waals surface area contributed by atoms with Crippen LogP contribution in [-0.4, -0.2) is 40.6 Å². The number of hydrogen-bond acceptors (Lipinski definition) is 5. The molecule has 0 amide bonds. The Kier molecular flexibility index (Phi) is 4.23. The van der Waals surface area contributed by atoms with Gasteiger partial charge in [0, 0.05) is 11.8 Å². The molecule has 3 rings (SSSR count). The first-order valence-corrected chi connectivity index (χ1v) is 7.67. The fourth-order valence-electron chi connectivity index (χ4n) is 2.49. The summed E-state index contributed by atoms with van der Waals surface area (Å²) in [5, 5.41) is 22.0. The average molecular weight is 354 g/mol. The lowest BCUT2D eigenvalue weighted by Crippen LogP contribution is -2.19. The van der Waals surface area contributed by atoms with E-state index in [1.165, 1.54) is 6.92 Å². The van der Waals surface area contributed by atoms with Gasteiger partial charge in [0.25, 0.3) is 0 Å². The van der Waals surface area contributed by atoms with E-state index in [1.54, 1.807) is 22.7 Å². The third kappa shape index (κ3) is 3.48. The van der Waals surface area contributed by atoms with Gasteiger partial charge < -0.3 is 5.11 Å². The Morgan fingerprint density at radius 2 is 1.92 bits per heavy atom. The van der Waals surface area contributed by atoms with Crippen molar-refractivity contribution in [2.75, 3.05) is 0 Å². The molecule has 0 fully saturated rings. The number of rotatable bonds is 4. The van der Waals surface area contributed by atoms with E-state index in [-0.39, 0.29) is 17.6 Å². The van der Waals surface area contributed by atoms with E-state index in [0.717, 1.165) is 4.68 Å². The molecule has 3 aromatic heterocycles. The molecule has 0 aliphatic heterocycles. The van der Waals surface area contributed by atoms with E-state index in [9.17, 15) is 18.3 Å². The van der Waals surface area contributed by atoms with E-state index in [1.807, 2.05) is 13.8 Å². The van der Waals surface area contributed by atoms with Crippen LogP contribution in [0.25, 0.3) is 17.0 Å². The monoisotopic (exact) mass is 354 g/mol. The fraction of sp³-hybridized carbons (Fsp3) is 0.467. The van der Waals surface area contributed by atoms with Gasteiger partial charge in [0.2, 0.25) is 0 Å². The summed E-state index contributed by atoms with van der Waals surface area (Å²) in [7, 11) is 0. The molecule has 10 heteroatoms. The van der Waals surface area contributed by atoms with Gasteiger partial charge in [-0.25, -0.2) is 9.67 Å². The SMILES string of the molecule is Cc1nc(-c2ccc3nnc(C(O)C(C)C)n3c2)n(CC(F)(F)F)n1. The van der Waals surface area contributed by atoms with Gasteiger partial charge >= 0.3 is 6.18 Å². The molecule has 0 saturated heterocycles. The number of fused-ring (bicyclic) bond motifs is 1. The number of nitrogens with zero attached hydrogens (tertiary/aromatic N) is 6. The van der Waals surface area contributed by atoms with Gasteiger partial charge in [-0.3, -0.25) is 4.40 Å². The van der Waals surface area contributed by atoms with Crippen LogP contribution in [0.1, 0.15) is 31.6 Å². The van der Waals surface area contributed by atoms with E-state index >= 15 is 0 Å². The first kappa shape index (κ1) is 17.3. The number of halogens is 3. The number of aliphatic hydroxyl groups excluding tert-OH is 1. The van der Waals surface area contributed by atoms with E-state index in [4.69, 9.17) is 0 Å². The first-order chi connectivity index (χ1) is 11.7. The second-order valence-electron chi connectivity index (χ2n) is 6.15. The second-order valence-corrected chi connectivity index (χ2v) is 6.15. The Morgan fingerprint density at radius 3 is 2.56 bits per heavy atom. The van der Waals surface area contributed by atoms with Crippen molar-refractivity contribution in [3.63, 3.8) is 0 Å². The maximum Gasteiger partial charge on any atom is 0.408 e. The van der Waals surface area contributed by atoms with Crippen molar-refractivity contribution in [3.8, 4) is 11.4 Å². The summed E-state index contributed by atoms with van der Waals surface area (Å²) in [6.07, 6.45) is -3.69. The van der Waals surface area contributed by atoms with Crippen molar-refractivity contribution in [2.24, 2.45) is 5.92 Å². The van der Waals surface area contributed by atoms with Gasteiger partial charge in [0.15, 0.2) is 17.3 Å². The molecular formula is C15H17F3N6O. The number of aliphatic hydroxyl groups is 1. The predicted molar refractivity (Wildman–Crippen MR) is 82.6 cm³/mol. The highest BCUT2D eigenvalue weighted by Crippen LogP contribution is 2.25. The second kappa shape index (κ2) is 6.10. The normalized spacial score (nSPS) is 13.8. The van der Waals surface area contributed by atoms with Gasteiger partial charge in [-0.15, -0.1) is 10.2 Å². The smallest absolute Gasteiger partial charge is 0.385 e. The van der Waals surface area contributed by atoms with Crippen molar-refractivity contribution in [1.29, 1.82) is 0 Å². The molecular weight excluding hydrogens is 337 g/mol. The average Bonchev–Trinajstić information content (AvgIpc) is 3.07. The zero-order chi connectivity index (χ0) is 18.4. The number of aromatic nitrogens is 6. The van der Waals surface area contributed by atoms with Crippen LogP contribution in [0.5, 0.6) is 0 Å². The fourth-order valence-corrected chi connectivity index (χ4v) is 2.49. The summed E-state index contributed by atoms with van der Waals surface area (Å²) < 4.78 is 40.7. The quantitative estimate of drug-likeness (QED) is 0.779. The van der Waals surface area contributed by atoms with Crippen LogP contribution in [-0.2, 0) is 6.54 Å². The maximum absolute atomic E-state index is 12.8. The minimum Gasteiger partial charge on any atom is -0.385 e. The van der Waals surface area contributed by atoms with Gasteiger partial charge in [0.05, 0.1) is 0 Å². The van der Waals surface area contributed by atoms with E-state index < -0.39 is 18.8 Å². The molecule has 0 saturated carbocycles. The third-order valence-electron chi connectivity index (χ3n) is 3.69. The number of pyridine rings is 1. The van der Waals surface area contributed by atoms with Crippen molar-refractivity contribution < 1.29 is 18.3 Å². The molecule has 0 aliphatic carbocycles. The molecule has 0 aromatic carbocycles. The molecule has 0 spiro atoms. The molecule has 0 aliphatic rings. The van der Waals surface area contributed by atoms with E-state index in [2.05, 4.69) is 20.3 Å². The summed E-state index contributed by atoms with van der Waals surface area (Å²) in [5.74, 6) is 0.568. The number of aryl methyl sites for hydroxylation is 1. The minimum absolute atomic E-state index is 0.0906. The Balaban J connectivity index is 2.10.